The first-order chi connectivity index (χ1) is 8.76. The van der Waals surface area contributed by atoms with E-state index in [0.29, 0.717) is 19.1 Å². The van der Waals surface area contributed by atoms with Gasteiger partial charge in [-0.25, -0.2) is 5.90 Å². The van der Waals surface area contributed by atoms with Gasteiger partial charge in [-0.15, -0.1) is 0 Å². The molecular weight excluding hydrogens is 228 g/mol. The highest BCUT2D eigenvalue weighted by molar-refractivity contribution is 5.76. The van der Waals surface area contributed by atoms with Crippen molar-refractivity contribution in [1.82, 2.24) is 5.32 Å². The largest absolute Gasteiger partial charge is 0.354 e. The van der Waals surface area contributed by atoms with Gasteiger partial charge < -0.3 is 10.2 Å². The Kier molecular flexibility index (Phi) is 3.57. The Labute approximate surface area is 109 Å². The lowest BCUT2D eigenvalue weighted by Crippen LogP contribution is -2.46. The van der Waals surface area contributed by atoms with E-state index in [2.05, 4.69) is 10.2 Å². The minimum absolute atomic E-state index is 0.185. The number of hydrogen-bond acceptors (Lipinski definition) is 3. The summed E-state index contributed by atoms with van der Waals surface area (Å²) in [6.45, 7) is 0.927. The predicted octanol–water partition coefficient (Wildman–Crippen LogP) is 1.46. The molecule has 0 atom stereocenters. The second-order valence-electron chi connectivity index (χ2n) is 6.52. The molecule has 4 nitrogen and oxygen atoms in total. The summed E-state index contributed by atoms with van der Waals surface area (Å²) in [4.78, 5) is 16.4. The van der Waals surface area contributed by atoms with Crippen LogP contribution in [0.3, 0.4) is 0 Å². The smallest absolute Gasteiger partial charge is 0.220 e. The van der Waals surface area contributed by atoms with Crippen LogP contribution in [-0.2, 0) is 9.63 Å². The number of carbonyl (C=O) groups is 1. The molecule has 0 aromatic rings. The third kappa shape index (κ3) is 2.41. The summed E-state index contributed by atoms with van der Waals surface area (Å²) >= 11 is 0. The molecule has 0 spiro atoms. The summed E-state index contributed by atoms with van der Waals surface area (Å²) in [7, 11) is 0. The quantitative estimate of drug-likeness (QED) is 0.575. The summed E-state index contributed by atoms with van der Waals surface area (Å²) in [5.41, 5.74) is 0. The zero-order valence-corrected chi connectivity index (χ0v) is 10.9. The minimum Gasteiger partial charge on any atom is -0.354 e. The summed E-state index contributed by atoms with van der Waals surface area (Å²) in [5.74, 6) is 9.41. The van der Waals surface area contributed by atoms with Gasteiger partial charge in [-0.1, -0.05) is 0 Å². The van der Waals surface area contributed by atoms with Crippen molar-refractivity contribution in [3.8, 4) is 0 Å². The summed E-state index contributed by atoms with van der Waals surface area (Å²) in [6.07, 6.45) is 7.74. The zero-order chi connectivity index (χ0) is 12.5. The van der Waals surface area contributed by atoms with Gasteiger partial charge in [0, 0.05) is 13.0 Å². The van der Waals surface area contributed by atoms with E-state index in [0.717, 1.165) is 30.1 Å². The molecule has 0 aromatic carbocycles. The van der Waals surface area contributed by atoms with Gasteiger partial charge in [-0.3, -0.25) is 4.79 Å². The van der Waals surface area contributed by atoms with Gasteiger partial charge in [0.1, 0.15) is 0 Å². The molecule has 4 fully saturated rings. The monoisotopic (exact) mass is 252 g/mol. The van der Waals surface area contributed by atoms with Gasteiger partial charge in [-0.05, 0) is 61.7 Å². The van der Waals surface area contributed by atoms with Crippen LogP contribution >= 0.6 is 0 Å². The van der Waals surface area contributed by atoms with Crippen LogP contribution in [0, 0.1) is 29.6 Å². The molecule has 0 saturated heterocycles. The molecule has 4 rings (SSSR count). The van der Waals surface area contributed by atoms with Crippen LogP contribution in [0.15, 0.2) is 0 Å². The first-order valence-corrected chi connectivity index (χ1v) is 7.34. The second kappa shape index (κ2) is 5.17. The summed E-state index contributed by atoms with van der Waals surface area (Å²) in [5, 5.41) is 2.90. The van der Waals surface area contributed by atoms with Crippen LogP contribution < -0.4 is 11.2 Å². The van der Waals surface area contributed by atoms with E-state index in [1.54, 1.807) is 0 Å². The fourth-order valence-electron chi connectivity index (χ4n) is 4.91. The lowest BCUT2D eigenvalue weighted by molar-refractivity contribution is -0.126. The number of carbonyl (C=O) groups excluding carboxylic acids is 1. The Bertz CT molecular complexity index is 291. The van der Waals surface area contributed by atoms with Crippen LogP contribution in [-0.4, -0.2) is 19.1 Å². The molecule has 4 aliphatic carbocycles. The van der Waals surface area contributed by atoms with Crippen LogP contribution in [0.25, 0.3) is 0 Å². The number of rotatable bonds is 5. The minimum atomic E-state index is 0.185. The molecule has 4 bridgehead atoms. The van der Waals surface area contributed by atoms with E-state index in [1.165, 1.54) is 32.1 Å². The van der Waals surface area contributed by atoms with Crippen molar-refractivity contribution >= 4 is 5.91 Å². The standard InChI is InChI=1S/C14H24N2O2/c15-18-2-1-16-14(17)8-13-11-4-9-3-10(6-11)7-12(13)5-9/h9-13H,1-8,15H2,(H,16,17). The molecule has 0 aliphatic heterocycles. The van der Waals surface area contributed by atoms with Crippen molar-refractivity contribution in [2.75, 3.05) is 13.2 Å². The van der Waals surface area contributed by atoms with Crippen LogP contribution in [0.5, 0.6) is 0 Å². The average Bonchev–Trinajstić information content (AvgIpc) is 2.33. The van der Waals surface area contributed by atoms with E-state index in [9.17, 15) is 4.79 Å². The summed E-state index contributed by atoms with van der Waals surface area (Å²) < 4.78 is 0. The van der Waals surface area contributed by atoms with Crippen LogP contribution in [0.2, 0.25) is 0 Å². The Morgan fingerprint density at radius 1 is 1.11 bits per heavy atom. The number of nitrogens with one attached hydrogen (secondary N) is 1. The summed E-state index contributed by atoms with van der Waals surface area (Å²) in [6, 6.07) is 0. The van der Waals surface area contributed by atoms with Crippen molar-refractivity contribution in [3.63, 3.8) is 0 Å². The molecule has 4 saturated carbocycles. The number of nitrogens with two attached hydrogens (primary N) is 1. The van der Waals surface area contributed by atoms with Gasteiger partial charge >= 0.3 is 0 Å². The van der Waals surface area contributed by atoms with E-state index in [4.69, 9.17) is 5.90 Å². The number of hydrogen-bond donors (Lipinski definition) is 2. The van der Waals surface area contributed by atoms with Gasteiger partial charge in [0.15, 0.2) is 0 Å². The SMILES string of the molecule is NOCCNC(=O)CC1C2CC3CC(C2)CC1C3. The Morgan fingerprint density at radius 2 is 1.72 bits per heavy atom. The molecule has 0 aromatic heterocycles. The van der Waals surface area contributed by atoms with Crippen molar-refractivity contribution < 1.29 is 9.63 Å². The highest BCUT2D eigenvalue weighted by atomic mass is 16.6. The van der Waals surface area contributed by atoms with Crippen molar-refractivity contribution in [2.24, 2.45) is 35.5 Å². The Balaban J connectivity index is 1.52. The van der Waals surface area contributed by atoms with Crippen molar-refractivity contribution in [1.29, 1.82) is 0 Å². The van der Waals surface area contributed by atoms with E-state index < -0.39 is 0 Å². The maximum absolute atomic E-state index is 11.9. The number of amides is 1. The Morgan fingerprint density at radius 3 is 2.28 bits per heavy atom. The van der Waals surface area contributed by atoms with Crippen molar-refractivity contribution in [2.45, 2.75) is 38.5 Å². The molecule has 0 radical (unpaired) electrons. The van der Waals surface area contributed by atoms with E-state index >= 15 is 0 Å². The van der Waals surface area contributed by atoms with E-state index in [-0.39, 0.29) is 5.91 Å². The average molecular weight is 252 g/mol. The van der Waals surface area contributed by atoms with Crippen molar-refractivity contribution in [3.05, 3.63) is 0 Å². The zero-order valence-electron chi connectivity index (χ0n) is 10.9. The highest BCUT2D eigenvalue weighted by Crippen LogP contribution is 2.57. The van der Waals surface area contributed by atoms with Gasteiger partial charge in [0.25, 0.3) is 0 Å². The topological polar surface area (TPSA) is 64.3 Å². The lowest BCUT2D eigenvalue weighted by atomic mass is 9.51. The third-order valence-electron chi connectivity index (χ3n) is 5.39. The first kappa shape index (κ1) is 12.4. The lowest BCUT2D eigenvalue weighted by Gasteiger charge is -2.54. The molecule has 1 amide bonds. The molecular formula is C14H24N2O2. The fourth-order valence-corrected chi connectivity index (χ4v) is 4.91. The molecule has 0 unspecified atom stereocenters. The third-order valence-corrected chi connectivity index (χ3v) is 5.39. The molecule has 102 valence electrons. The second-order valence-corrected chi connectivity index (χ2v) is 6.52. The Hall–Kier alpha value is -0.610. The molecule has 0 heterocycles. The van der Waals surface area contributed by atoms with Crippen LogP contribution in [0.4, 0.5) is 0 Å². The maximum atomic E-state index is 11.9. The molecule has 18 heavy (non-hydrogen) atoms. The predicted molar refractivity (Wildman–Crippen MR) is 68.3 cm³/mol. The van der Waals surface area contributed by atoms with Gasteiger partial charge in [0.2, 0.25) is 5.91 Å². The highest BCUT2D eigenvalue weighted by Gasteiger charge is 2.48. The molecule has 3 N–H and O–H groups in total. The van der Waals surface area contributed by atoms with Crippen LogP contribution in [0.1, 0.15) is 38.5 Å². The maximum Gasteiger partial charge on any atom is 0.220 e. The molecule has 4 aliphatic rings. The van der Waals surface area contributed by atoms with Gasteiger partial charge in [-0.2, -0.15) is 0 Å². The first-order valence-electron chi connectivity index (χ1n) is 7.34. The molecule has 4 heteroatoms. The normalized spacial score (nSPS) is 41.1. The van der Waals surface area contributed by atoms with Gasteiger partial charge in [0.05, 0.1) is 6.61 Å². The van der Waals surface area contributed by atoms with E-state index in [1.807, 2.05) is 0 Å². The fraction of sp³-hybridized carbons (Fsp3) is 0.929.